The number of nitrogens with one attached hydrogen (secondary N) is 1. The molecule has 5 rings (SSSR count). The van der Waals surface area contributed by atoms with Gasteiger partial charge >= 0.3 is 0 Å². The lowest BCUT2D eigenvalue weighted by molar-refractivity contribution is 0.268. The summed E-state index contributed by atoms with van der Waals surface area (Å²) in [5, 5.41) is 3.60. The lowest BCUT2D eigenvalue weighted by atomic mass is 9.88. The van der Waals surface area contributed by atoms with Gasteiger partial charge in [0, 0.05) is 32.9 Å². The van der Waals surface area contributed by atoms with Gasteiger partial charge in [-0.3, -0.25) is 0 Å². The maximum Gasteiger partial charge on any atom is 0.226 e. The molecule has 2 aromatic carbocycles. The molecule has 1 aromatic heterocycles. The molecule has 0 spiro atoms. The Bertz CT molecular complexity index is 1160. The molecule has 0 saturated carbocycles. The third-order valence-electron chi connectivity index (χ3n) is 7.53. The van der Waals surface area contributed by atoms with Crippen LogP contribution in [-0.2, 0) is 12.8 Å². The van der Waals surface area contributed by atoms with Crippen molar-refractivity contribution in [3.63, 3.8) is 0 Å². The van der Waals surface area contributed by atoms with E-state index in [1.165, 1.54) is 36.0 Å². The van der Waals surface area contributed by atoms with E-state index in [1.807, 2.05) is 31.3 Å². The zero-order chi connectivity index (χ0) is 25.6. The summed E-state index contributed by atoms with van der Waals surface area (Å²) in [6.07, 6.45) is 8.63. The van der Waals surface area contributed by atoms with Crippen LogP contribution in [0.4, 0.5) is 11.8 Å². The molecule has 7 heteroatoms. The van der Waals surface area contributed by atoms with Gasteiger partial charge in [-0.15, -0.1) is 0 Å². The van der Waals surface area contributed by atoms with Crippen LogP contribution in [0, 0.1) is 0 Å². The van der Waals surface area contributed by atoms with Crippen molar-refractivity contribution in [1.82, 2.24) is 15.3 Å². The van der Waals surface area contributed by atoms with E-state index in [2.05, 4.69) is 57.7 Å². The van der Waals surface area contributed by atoms with Crippen molar-refractivity contribution in [2.75, 3.05) is 50.7 Å². The van der Waals surface area contributed by atoms with E-state index in [9.17, 15) is 0 Å². The summed E-state index contributed by atoms with van der Waals surface area (Å²) in [5.74, 6) is 3.53. The van der Waals surface area contributed by atoms with Crippen molar-refractivity contribution in [2.24, 2.45) is 0 Å². The molecule has 1 saturated heterocycles. The van der Waals surface area contributed by atoms with Crippen molar-refractivity contribution >= 4 is 11.8 Å². The van der Waals surface area contributed by atoms with E-state index in [4.69, 9.17) is 14.5 Å². The van der Waals surface area contributed by atoms with Crippen LogP contribution < -0.4 is 24.6 Å². The Balaban J connectivity index is 1.33. The second-order valence-corrected chi connectivity index (χ2v) is 10.3. The van der Waals surface area contributed by atoms with Crippen LogP contribution in [-0.4, -0.2) is 56.9 Å². The number of hydrogen-bond acceptors (Lipinski definition) is 7. The lowest BCUT2D eigenvalue weighted by Crippen LogP contribution is -2.37. The monoisotopic (exact) mass is 501 g/mol. The van der Waals surface area contributed by atoms with Gasteiger partial charge < -0.3 is 24.6 Å². The molecule has 196 valence electrons. The first kappa shape index (κ1) is 25.3. The molecule has 0 bridgehead atoms. The van der Waals surface area contributed by atoms with E-state index in [-0.39, 0.29) is 6.04 Å². The molecule has 0 amide bonds. The van der Waals surface area contributed by atoms with Gasteiger partial charge in [0.1, 0.15) is 17.3 Å². The minimum absolute atomic E-state index is 0.170. The SMILES string of the molecule is COc1ccc2c(c1)CCN(c1ccnc(N(C)C)n1)C2Cc1ccc(OCCC2CCCCN2)cc1. The van der Waals surface area contributed by atoms with E-state index in [0.717, 1.165) is 62.2 Å². The number of methoxy groups -OCH3 is 1. The zero-order valence-corrected chi connectivity index (χ0v) is 22.3. The highest BCUT2D eigenvalue weighted by atomic mass is 16.5. The van der Waals surface area contributed by atoms with Gasteiger partial charge in [-0.2, -0.15) is 4.98 Å². The molecule has 37 heavy (non-hydrogen) atoms. The number of ether oxygens (including phenoxy) is 2. The van der Waals surface area contributed by atoms with Crippen LogP contribution in [0.25, 0.3) is 0 Å². The Hall–Kier alpha value is -3.32. The molecule has 0 aliphatic carbocycles. The Kier molecular flexibility index (Phi) is 8.09. The van der Waals surface area contributed by atoms with Gasteiger partial charge in [0.15, 0.2) is 0 Å². The third-order valence-corrected chi connectivity index (χ3v) is 7.53. The maximum absolute atomic E-state index is 6.08. The van der Waals surface area contributed by atoms with Crippen molar-refractivity contribution < 1.29 is 9.47 Å². The predicted molar refractivity (Wildman–Crippen MR) is 149 cm³/mol. The molecule has 3 heterocycles. The van der Waals surface area contributed by atoms with Gasteiger partial charge in [-0.05, 0) is 85.7 Å². The fourth-order valence-corrected chi connectivity index (χ4v) is 5.46. The number of rotatable bonds is 9. The van der Waals surface area contributed by atoms with E-state index in [0.29, 0.717) is 6.04 Å². The van der Waals surface area contributed by atoms with E-state index in [1.54, 1.807) is 7.11 Å². The molecule has 2 unspecified atom stereocenters. The quantitative estimate of drug-likeness (QED) is 0.452. The van der Waals surface area contributed by atoms with Crippen molar-refractivity contribution in [3.8, 4) is 11.5 Å². The number of anilines is 2. The van der Waals surface area contributed by atoms with Gasteiger partial charge in [0.2, 0.25) is 5.95 Å². The fourth-order valence-electron chi connectivity index (χ4n) is 5.46. The summed E-state index contributed by atoms with van der Waals surface area (Å²) in [6.45, 7) is 2.79. The minimum Gasteiger partial charge on any atom is -0.497 e. The molecular formula is C30H39N5O2. The minimum atomic E-state index is 0.170. The number of aromatic nitrogens is 2. The smallest absolute Gasteiger partial charge is 0.226 e. The normalized spacial score (nSPS) is 19.3. The first-order valence-corrected chi connectivity index (χ1v) is 13.5. The molecule has 1 N–H and O–H groups in total. The average molecular weight is 502 g/mol. The standard InChI is InChI=1S/C30H39N5O2/c1-34(2)30-32-17-13-29(33-30)35-18-14-23-21-26(36-3)11-12-27(23)28(35)20-22-7-9-25(10-8-22)37-19-15-24-6-4-5-16-31-24/h7-13,17,21,24,28,31H,4-6,14-16,18-20H2,1-3H3. The first-order chi connectivity index (χ1) is 18.1. The molecular weight excluding hydrogens is 462 g/mol. The largest absolute Gasteiger partial charge is 0.497 e. The molecule has 0 radical (unpaired) electrons. The zero-order valence-electron chi connectivity index (χ0n) is 22.3. The topological polar surface area (TPSA) is 62.8 Å². The maximum atomic E-state index is 6.08. The molecule has 2 aliphatic heterocycles. The second-order valence-electron chi connectivity index (χ2n) is 10.3. The highest BCUT2D eigenvalue weighted by Gasteiger charge is 2.29. The Morgan fingerprint density at radius 3 is 2.65 bits per heavy atom. The van der Waals surface area contributed by atoms with Crippen molar-refractivity contribution in [3.05, 3.63) is 71.4 Å². The Labute approximate surface area is 220 Å². The number of benzene rings is 2. The molecule has 2 atom stereocenters. The van der Waals surface area contributed by atoms with Crippen molar-refractivity contribution in [2.45, 2.75) is 50.6 Å². The second kappa shape index (κ2) is 11.8. The van der Waals surface area contributed by atoms with Crippen molar-refractivity contribution in [1.29, 1.82) is 0 Å². The van der Waals surface area contributed by atoms with Crippen LogP contribution in [0.3, 0.4) is 0 Å². The highest BCUT2D eigenvalue weighted by molar-refractivity contribution is 5.51. The summed E-state index contributed by atoms with van der Waals surface area (Å²) in [7, 11) is 5.68. The summed E-state index contributed by atoms with van der Waals surface area (Å²) in [5.41, 5.74) is 3.96. The molecule has 1 fully saturated rings. The summed E-state index contributed by atoms with van der Waals surface area (Å²) >= 11 is 0. The van der Waals surface area contributed by atoms with Crippen LogP contribution >= 0.6 is 0 Å². The molecule has 3 aromatic rings. The Morgan fingerprint density at radius 1 is 1.05 bits per heavy atom. The number of fused-ring (bicyclic) bond motifs is 1. The summed E-state index contributed by atoms with van der Waals surface area (Å²) < 4.78 is 11.6. The summed E-state index contributed by atoms with van der Waals surface area (Å²) in [6, 6.07) is 17.9. The molecule has 7 nitrogen and oxygen atoms in total. The van der Waals surface area contributed by atoms with Gasteiger partial charge in [-0.25, -0.2) is 4.98 Å². The lowest BCUT2D eigenvalue weighted by Gasteiger charge is -2.38. The Morgan fingerprint density at radius 2 is 1.89 bits per heavy atom. The van der Waals surface area contributed by atoms with Crippen LogP contribution in [0.2, 0.25) is 0 Å². The van der Waals surface area contributed by atoms with Crippen LogP contribution in [0.5, 0.6) is 11.5 Å². The van der Waals surface area contributed by atoms with Crippen LogP contribution in [0.1, 0.15) is 48.4 Å². The van der Waals surface area contributed by atoms with Gasteiger partial charge in [-0.1, -0.05) is 24.6 Å². The summed E-state index contributed by atoms with van der Waals surface area (Å²) in [4.78, 5) is 13.7. The van der Waals surface area contributed by atoms with Gasteiger partial charge in [0.05, 0.1) is 19.8 Å². The highest BCUT2D eigenvalue weighted by Crippen LogP contribution is 2.37. The van der Waals surface area contributed by atoms with Crippen LogP contribution in [0.15, 0.2) is 54.7 Å². The number of nitrogens with zero attached hydrogens (tertiary/aromatic N) is 4. The number of piperidine rings is 1. The fraction of sp³-hybridized carbons (Fsp3) is 0.467. The van der Waals surface area contributed by atoms with E-state index >= 15 is 0 Å². The third kappa shape index (κ3) is 6.16. The first-order valence-electron chi connectivity index (χ1n) is 13.5. The average Bonchev–Trinajstić information content (AvgIpc) is 2.94. The van der Waals surface area contributed by atoms with E-state index < -0.39 is 0 Å². The van der Waals surface area contributed by atoms with Gasteiger partial charge in [0.25, 0.3) is 0 Å². The number of hydrogen-bond donors (Lipinski definition) is 1. The predicted octanol–water partition coefficient (Wildman–Crippen LogP) is 4.81. The molecule has 2 aliphatic rings.